The molecule has 1 heterocycles. The maximum atomic E-state index is 5.74. The predicted octanol–water partition coefficient (Wildman–Crippen LogP) is 4.09. The van der Waals surface area contributed by atoms with Gasteiger partial charge in [0.25, 0.3) is 0 Å². The van der Waals surface area contributed by atoms with Crippen molar-refractivity contribution in [3.8, 4) is 5.75 Å². The summed E-state index contributed by atoms with van der Waals surface area (Å²) in [4.78, 5) is 6.86. The van der Waals surface area contributed by atoms with Crippen LogP contribution in [0.2, 0.25) is 0 Å². The number of halogens is 1. The Balaban J connectivity index is 0.00000420. The van der Waals surface area contributed by atoms with Crippen LogP contribution in [0.5, 0.6) is 5.75 Å². The highest BCUT2D eigenvalue weighted by Gasteiger charge is 2.19. The lowest BCUT2D eigenvalue weighted by atomic mass is 10.0. The van der Waals surface area contributed by atoms with Crippen molar-refractivity contribution in [1.82, 2.24) is 15.5 Å². The summed E-state index contributed by atoms with van der Waals surface area (Å²) >= 11 is 0. The largest absolute Gasteiger partial charge is 0.493 e. The molecule has 0 amide bonds. The Morgan fingerprint density at radius 1 is 1.24 bits per heavy atom. The van der Waals surface area contributed by atoms with Gasteiger partial charge in [0.1, 0.15) is 5.75 Å². The first-order valence-corrected chi connectivity index (χ1v) is 10.5. The quantitative estimate of drug-likeness (QED) is 0.226. The standard InChI is InChI=1S/C23H38N4O.HI/c1-18(2)16-27-14-11-21(12-15-27)26-23(24-5)25-13-10-20-6-8-22(9-7-20)28-17-19(3)4;/h6-9,19,21H,1,10-17H2,2-5H3,(H2,24,25,26);1H. The van der Waals surface area contributed by atoms with Gasteiger partial charge >= 0.3 is 0 Å². The lowest BCUT2D eigenvalue weighted by Gasteiger charge is -2.33. The summed E-state index contributed by atoms with van der Waals surface area (Å²) in [5.74, 6) is 2.39. The first kappa shape index (κ1) is 25.8. The first-order valence-electron chi connectivity index (χ1n) is 10.5. The number of likely N-dealkylation sites (tertiary alicyclic amines) is 1. The van der Waals surface area contributed by atoms with E-state index in [0.29, 0.717) is 12.0 Å². The second-order valence-electron chi connectivity index (χ2n) is 8.25. The minimum Gasteiger partial charge on any atom is -0.493 e. The van der Waals surface area contributed by atoms with Gasteiger partial charge in [-0.15, -0.1) is 24.0 Å². The number of guanidine groups is 1. The highest BCUT2D eigenvalue weighted by Crippen LogP contribution is 2.14. The molecule has 0 spiro atoms. The van der Waals surface area contributed by atoms with Crippen molar-refractivity contribution >= 4 is 29.9 Å². The molecule has 1 aromatic carbocycles. The van der Waals surface area contributed by atoms with E-state index in [4.69, 9.17) is 4.74 Å². The molecule has 0 aromatic heterocycles. The van der Waals surface area contributed by atoms with E-state index in [0.717, 1.165) is 63.8 Å². The minimum atomic E-state index is 0. The molecular formula is C23H39IN4O. The second kappa shape index (κ2) is 13.9. The third kappa shape index (κ3) is 10.3. The maximum absolute atomic E-state index is 5.74. The summed E-state index contributed by atoms with van der Waals surface area (Å²) in [5, 5.41) is 7.02. The van der Waals surface area contributed by atoms with Crippen molar-refractivity contribution in [2.24, 2.45) is 10.9 Å². The number of benzene rings is 1. The van der Waals surface area contributed by atoms with Crippen LogP contribution in [0.3, 0.4) is 0 Å². The van der Waals surface area contributed by atoms with Crippen LogP contribution in [0.1, 0.15) is 39.2 Å². The number of piperidine rings is 1. The van der Waals surface area contributed by atoms with Crippen molar-refractivity contribution in [1.29, 1.82) is 0 Å². The number of hydrogen-bond acceptors (Lipinski definition) is 3. The van der Waals surface area contributed by atoms with Crippen LogP contribution >= 0.6 is 24.0 Å². The zero-order valence-electron chi connectivity index (χ0n) is 18.5. The Morgan fingerprint density at radius 3 is 2.45 bits per heavy atom. The van der Waals surface area contributed by atoms with E-state index in [9.17, 15) is 0 Å². The van der Waals surface area contributed by atoms with E-state index in [2.05, 4.69) is 72.1 Å². The van der Waals surface area contributed by atoms with Crippen LogP contribution in [0.25, 0.3) is 0 Å². The van der Waals surface area contributed by atoms with Gasteiger partial charge in [-0.1, -0.05) is 38.1 Å². The third-order valence-corrected chi connectivity index (χ3v) is 4.86. The molecule has 2 N–H and O–H groups in total. The molecular weight excluding hydrogens is 475 g/mol. The summed E-state index contributed by atoms with van der Waals surface area (Å²) in [7, 11) is 1.84. The molecule has 2 rings (SSSR count). The Morgan fingerprint density at radius 2 is 1.90 bits per heavy atom. The normalized spacial score (nSPS) is 15.7. The number of nitrogens with zero attached hydrogens (tertiary/aromatic N) is 2. The Bertz CT molecular complexity index is 622. The van der Waals surface area contributed by atoms with Crippen LogP contribution in [-0.2, 0) is 6.42 Å². The average Bonchev–Trinajstić information content (AvgIpc) is 2.67. The zero-order valence-corrected chi connectivity index (χ0v) is 20.9. The smallest absolute Gasteiger partial charge is 0.191 e. The number of ether oxygens (including phenoxy) is 1. The van der Waals surface area contributed by atoms with Crippen molar-refractivity contribution < 1.29 is 4.74 Å². The van der Waals surface area contributed by atoms with Gasteiger partial charge in [-0.05, 0) is 49.8 Å². The van der Waals surface area contributed by atoms with E-state index in [-0.39, 0.29) is 24.0 Å². The van der Waals surface area contributed by atoms with Crippen molar-refractivity contribution in [3.05, 3.63) is 42.0 Å². The van der Waals surface area contributed by atoms with E-state index in [1.54, 1.807) is 0 Å². The number of rotatable bonds is 9. The summed E-state index contributed by atoms with van der Waals surface area (Å²) in [5.41, 5.74) is 2.54. The van der Waals surface area contributed by atoms with Gasteiger partial charge in [-0.3, -0.25) is 9.89 Å². The number of nitrogens with one attached hydrogen (secondary N) is 2. The van der Waals surface area contributed by atoms with E-state index in [1.165, 1.54) is 11.1 Å². The van der Waals surface area contributed by atoms with Gasteiger partial charge in [0.05, 0.1) is 6.61 Å². The molecule has 0 atom stereocenters. The highest BCUT2D eigenvalue weighted by atomic mass is 127. The molecule has 1 aliphatic rings. The fourth-order valence-electron chi connectivity index (χ4n) is 3.35. The number of aliphatic imine (C=N–C) groups is 1. The van der Waals surface area contributed by atoms with Gasteiger partial charge in [-0.2, -0.15) is 0 Å². The molecule has 1 aromatic rings. The second-order valence-corrected chi connectivity index (χ2v) is 8.25. The van der Waals surface area contributed by atoms with Crippen molar-refractivity contribution in [2.45, 2.75) is 46.1 Å². The third-order valence-electron chi connectivity index (χ3n) is 4.86. The predicted molar refractivity (Wildman–Crippen MR) is 135 cm³/mol. The number of hydrogen-bond donors (Lipinski definition) is 2. The fraction of sp³-hybridized carbons (Fsp3) is 0.609. The topological polar surface area (TPSA) is 48.9 Å². The maximum Gasteiger partial charge on any atom is 0.191 e. The summed E-state index contributed by atoms with van der Waals surface area (Å²) in [6.07, 6.45) is 3.25. The minimum absolute atomic E-state index is 0. The van der Waals surface area contributed by atoms with Crippen molar-refractivity contribution in [2.75, 3.05) is 39.8 Å². The van der Waals surface area contributed by atoms with E-state index >= 15 is 0 Å². The Kier molecular flexibility index (Phi) is 12.3. The van der Waals surface area contributed by atoms with Gasteiger partial charge in [-0.25, -0.2) is 0 Å². The lowest BCUT2D eigenvalue weighted by molar-refractivity contribution is 0.221. The van der Waals surface area contributed by atoms with Crippen LogP contribution in [0.15, 0.2) is 41.4 Å². The van der Waals surface area contributed by atoms with Crippen molar-refractivity contribution in [3.63, 3.8) is 0 Å². The van der Waals surface area contributed by atoms with Gasteiger partial charge in [0.2, 0.25) is 0 Å². The molecule has 1 fully saturated rings. The zero-order chi connectivity index (χ0) is 20.4. The average molecular weight is 514 g/mol. The molecule has 0 saturated carbocycles. The fourth-order valence-corrected chi connectivity index (χ4v) is 3.35. The van der Waals surface area contributed by atoms with Crippen LogP contribution < -0.4 is 15.4 Å². The Hall–Kier alpha value is -1.28. The van der Waals surface area contributed by atoms with E-state index < -0.39 is 0 Å². The van der Waals surface area contributed by atoms with Crippen LogP contribution in [0.4, 0.5) is 0 Å². The van der Waals surface area contributed by atoms with Gasteiger partial charge in [0.15, 0.2) is 5.96 Å². The molecule has 164 valence electrons. The molecule has 6 heteroatoms. The monoisotopic (exact) mass is 514 g/mol. The lowest BCUT2D eigenvalue weighted by Crippen LogP contribution is -2.49. The molecule has 0 aliphatic carbocycles. The molecule has 0 radical (unpaired) electrons. The van der Waals surface area contributed by atoms with E-state index in [1.807, 2.05) is 7.05 Å². The van der Waals surface area contributed by atoms with Gasteiger partial charge < -0.3 is 15.4 Å². The summed E-state index contributed by atoms with van der Waals surface area (Å²) in [6.45, 7) is 15.3. The molecule has 0 bridgehead atoms. The summed E-state index contributed by atoms with van der Waals surface area (Å²) in [6, 6.07) is 8.90. The highest BCUT2D eigenvalue weighted by molar-refractivity contribution is 14.0. The summed E-state index contributed by atoms with van der Waals surface area (Å²) < 4.78 is 5.74. The Labute approximate surface area is 194 Å². The molecule has 1 saturated heterocycles. The SMILES string of the molecule is C=C(C)CN1CCC(NC(=NC)NCCc2ccc(OCC(C)C)cc2)CC1.I. The van der Waals surface area contributed by atoms with Crippen LogP contribution in [0, 0.1) is 5.92 Å². The van der Waals surface area contributed by atoms with Gasteiger partial charge in [0, 0.05) is 39.3 Å². The molecule has 0 unspecified atom stereocenters. The molecule has 1 aliphatic heterocycles. The van der Waals surface area contributed by atoms with Crippen LogP contribution in [-0.4, -0.2) is 56.7 Å². The first-order chi connectivity index (χ1) is 13.5. The molecule has 29 heavy (non-hydrogen) atoms. The molecule has 5 nitrogen and oxygen atoms in total.